The van der Waals surface area contributed by atoms with E-state index < -0.39 is 0 Å². The highest BCUT2D eigenvalue weighted by molar-refractivity contribution is 8.00. The lowest BCUT2D eigenvalue weighted by molar-refractivity contribution is -0.120. The quantitative estimate of drug-likeness (QED) is 0.727. The second kappa shape index (κ2) is 9.38. The number of rotatable bonds is 8. The molecule has 2 N–H and O–H groups in total. The second-order valence-corrected chi connectivity index (χ2v) is 6.76. The van der Waals surface area contributed by atoms with Gasteiger partial charge in [0.25, 0.3) is 0 Å². The first-order chi connectivity index (χ1) is 11.2. The topological polar surface area (TPSA) is 49.3 Å². The zero-order valence-electron chi connectivity index (χ0n) is 13.3. The molecule has 0 radical (unpaired) electrons. The maximum atomic E-state index is 12.7. The van der Waals surface area contributed by atoms with Gasteiger partial charge in [-0.3, -0.25) is 4.79 Å². The minimum Gasteiger partial charge on any atom is -0.396 e. The van der Waals surface area contributed by atoms with E-state index in [1.165, 1.54) is 0 Å². The van der Waals surface area contributed by atoms with Crippen molar-refractivity contribution in [3.05, 3.63) is 66.2 Å². The first-order valence-corrected chi connectivity index (χ1v) is 8.74. The molecule has 3 nitrogen and oxygen atoms in total. The maximum absolute atomic E-state index is 12.7. The van der Waals surface area contributed by atoms with Crippen LogP contribution in [-0.4, -0.2) is 24.2 Å². The lowest BCUT2D eigenvalue weighted by Crippen LogP contribution is -2.32. The Hall–Kier alpha value is -1.78. The van der Waals surface area contributed by atoms with E-state index in [1.807, 2.05) is 67.6 Å². The van der Waals surface area contributed by atoms with Crippen LogP contribution in [0.4, 0.5) is 0 Å². The summed E-state index contributed by atoms with van der Waals surface area (Å²) in [6.07, 6.45) is 0.697. The summed E-state index contributed by atoms with van der Waals surface area (Å²) < 4.78 is 0. The minimum atomic E-state index is -0.278. The maximum Gasteiger partial charge on any atom is 0.238 e. The second-order valence-electron chi connectivity index (χ2n) is 5.58. The average Bonchev–Trinajstić information content (AvgIpc) is 2.59. The van der Waals surface area contributed by atoms with Gasteiger partial charge < -0.3 is 10.4 Å². The van der Waals surface area contributed by atoms with Crippen LogP contribution >= 0.6 is 11.8 Å². The van der Waals surface area contributed by atoms with Crippen LogP contribution in [0.1, 0.15) is 24.2 Å². The Morgan fingerprint density at radius 1 is 1.09 bits per heavy atom. The third kappa shape index (κ3) is 5.73. The Bertz CT molecular complexity index is 589. The van der Waals surface area contributed by atoms with E-state index in [0.717, 1.165) is 10.5 Å². The third-order valence-corrected chi connectivity index (χ3v) is 4.85. The highest BCUT2D eigenvalue weighted by Crippen LogP contribution is 2.35. The number of nitrogens with one attached hydrogen (secondary N) is 1. The summed E-state index contributed by atoms with van der Waals surface area (Å²) in [4.78, 5) is 13.7. The molecule has 1 amide bonds. The summed E-state index contributed by atoms with van der Waals surface area (Å²) in [5, 5.41) is 11.7. The monoisotopic (exact) mass is 329 g/mol. The molecule has 0 spiro atoms. The van der Waals surface area contributed by atoms with Gasteiger partial charge in [0.15, 0.2) is 0 Å². The van der Waals surface area contributed by atoms with Gasteiger partial charge in [0.05, 0.1) is 0 Å². The summed E-state index contributed by atoms with van der Waals surface area (Å²) in [6.45, 7) is 2.76. The Labute approximate surface area is 142 Å². The van der Waals surface area contributed by atoms with Crippen LogP contribution in [0.15, 0.2) is 65.6 Å². The van der Waals surface area contributed by atoms with Gasteiger partial charge in [-0.1, -0.05) is 55.5 Å². The van der Waals surface area contributed by atoms with Gasteiger partial charge in [-0.2, -0.15) is 0 Å². The van der Waals surface area contributed by atoms with E-state index in [2.05, 4.69) is 5.32 Å². The SMILES string of the molecule is CC(CCO)CNC(=O)C(Sc1ccccc1)c1ccccc1. The van der Waals surface area contributed by atoms with Crippen LogP contribution in [0.2, 0.25) is 0 Å². The summed E-state index contributed by atoms with van der Waals surface area (Å²) in [6, 6.07) is 19.8. The molecule has 0 fully saturated rings. The largest absolute Gasteiger partial charge is 0.396 e. The van der Waals surface area contributed by atoms with E-state index in [-0.39, 0.29) is 23.7 Å². The Balaban J connectivity index is 2.08. The highest BCUT2D eigenvalue weighted by atomic mass is 32.2. The summed E-state index contributed by atoms with van der Waals surface area (Å²) >= 11 is 1.55. The molecule has 2 atom stereocenters. The molecule has 4 heteroatoms. The van der Waals surface area contributed by atoms with Crippen LogP contribution in [0, 0.1) is 5.92 Å². The molecule has 0 aliphatic carbocycles. The molecule has 0 saturated heterocycles. The van der Waals surface area contributed by atoms with Crippen molar-refractivity contribution in [2.75, 3.05) is 13.2 Å². The predicted molar refractivity (Wildman–Crippen MR) is 95.4 cm³/mol. The molecule has 0 aliphatic rings. The van der Waals surface area contributed by atoms with Crippen molar-refractivity contribution in [2.45, 2.75) is 23.5 Å². The van der Waals surface area contributed by atoms with E-state index >= 15 is 0 Å². The molecule has 2 aromatic rings. The standard InChI is InChI=1S/C19H23NO2S/c1-15(12-13-21)14-20-19(22)18(16-8-4-2-5-9-16)23-17-10-6-3-7-11-17/h2-11,15,18,21H,12-14H2,1H3,(H,20,22). The van der Waals surface area contributed by atoms with Crippen LogP contribution in [0.5, 0.6) is 0 Å². The normalized spacial score (nSPS) is 13.3. The van der Waals surface area contributed by atoms with Gasteiger partial charge in [0, 0.05) is 18.0 Å². The summed E-state index contributed by atoms with van der Waals surface area (Å²) in [7, 11) is 0. The number of aliphatic hydroxyl groups is 1. The van der Waals surface area contributed by atoms with E-state index in [1.54, 1.807) is 11.8 Å². The third-order valence-electron chi connectivity index (χ3n) is 3.58. The molecule has 0 bridgehead atoms. The van der Waals surface area contributed by atoms with E-state index in [9.17, 15) is 4.79 Å². The van der Waals surface area contributed by atoms with Gasteiger partial charge in [0.2, 0.25) is 5.91 Å². The fraction of sp³-hybridized carbons (Fsp3) is 0.316. The van der Waals surface area contributed by atoms with Crippen LogP contribution in [0.25, 0.3) is 0 Å². The Morgan fingerprint density at radius 3 is 2.30 bits per heavy atom. The number of aliphatic hydroxyl groups excluding tert-OH is 1. The van der Waals surface area contributed by atoms with Crippen molar-refractivity contribution < 1.29 is 9.90 Å². The fourth-order valence-corrected chi connectivity index (χ4v) is 3.30. The lowest BCUT2D eigenvalue weighted by Gasteiger charge is -2.18. The number of benzene rings is 2. The summed E-state index contributed by atoms with van der Waals surface area (Å²) in [5.41, 5.74) is 0.994. The van der Waals surface area contributed by atoms with Crippen LogP contribution < -0.4 is 5.32 Å². The lowest BCUT2D eigenvalue weighted by atomic mass is 10.1. The van der Waals surface area contributed by atoms with Gasteiger partial charge in [-0.25, -0.2) is 0 Å². The van der Waals surface area contributed by atoms with Crippen molar-refractivity contribution in [1.82, 2.24) is 5.32 Å². The predicted octanol–water partition coefficient (Wildman–Crippen LogP) is 3.65. The van der Waals surface area contributed by atoms with Crippen LogP contribution in [-0.2, 0) is 4.79 Å². The number of carbonyl (C=O) groups is 1. The molecule has 0 saturated carbocycles. The van der Waals surface area contributed by atoms with Gasteiger partial charge in [-0.05, 0) is 30.0 Å². The van der Waals surface area contributed by atoms with Crippen molar-refractivity contribution >= 4 is 17.7 Å². The first-order valence-electron chi connectivity index (χ1n) is 7.86. The summed E-state index contributed by atoms with van der Waals surface area (Å²) in [5.74, 6) is 0.275. The van der Waals surface area contributed by atoms with E-state index in [0.29, 0.717) is 13.0 Å². The van der Waals surface area contributed by atoms with Gasteiger partial charge >= 0.3 is 0 Å². The molecule has 122 valence electrons. The molecule has 2 aromatic carbocycles. The smallest absolute Gasteiger partial charge is 0.238 e. The van der Waals surface area contributed by atoms with Gasteiger partial charge in [0.1, 0.15) is 5.25 Å². The molecule has 0 aromatic heterocycles. The zero-order chi connectivity index (χ0) is 16.5. The number of hydrogen-bond acceptors (Lipinski definition) is 3. The molecule has 0 heterocycles. The molecule has 0 aliphatic heterocycles. The van der Waals surface area contributed by atoms with Crippen molar-refractivity contribution in [1.29, 1.82) is 0 Å². The Morgan fingerprint density at radius 2 is 1.70 bits per heavy atom. The first kappa shape index (κ1) is 17.6. The minimum absolute atomic E-state index is 0.00911. The average molecular weight is 329 g/mol. The van der Waals surface area contributed by atoms with Crippen LogP contribution in [0.3, 0.4) is 0 Å². The Kier molecular flexibility index (Phi) is 7.17. The molecular weight excluding hydrogens is 306 g/mol. The highest BCUT2D eigenvalue weighted by Gasteiger charge is 2.22. The molecule has 2 rings (SSSR count). The molecule has 23 heavy (non-hydrogen) atoms. The zero-order valence-corrected chi connectivity index (χ0v) is 14.1. The number of hydrogen-bond donors (Lipinski definition) is 2. The van der Waals surface area contributed by atoms with E-state index in [4.69, 9.17) is 5.11 Å². The number of carbonyl (C=O) groups excluding carboxylic acids is 1. The number of amides is 1. The van der Waals surface area contributed by atoms with Crippen molar-refractivity contribution in [3.8, 4) is 0 Å². The number of thioether (sulfide) groups is 1. The van der Waals surface area contributed by atoms with Crippen molar-refractivity contribution in [2.24, 2.45) is 5.92 Å². The molecule has 2 unspecified atom stereocenters. The van der Waals surface area contributed by atoms with Gasteiger partial charge in [-0.15, -0.1) is 11.8 Å². The fourth-order valence-electron chi connectivity index (χ4n) is 2.23. The van der Waals surface area contributed by atoms with Crippen molar-refractivity contribution in [3.63, 3.8) is 0 Å². The molecular formula is C19H23NO2S.